The highest BCUT2D eigenvalue weighted by Crippen LogP contribution is 2.28. The molecule has 2 nitrogen and oxygen atoms in total. The normalized spacial score (nSPS) is 11.2. The van der Waals surface area contributed by atoms with Gasteiger partial charge in [0, 0.05) is 24.6 Å². The van der Waals surface area contributed by atoms with Crippen LogP contribution in [0.3, 0.4) is 0 Å². The van der Waals surface area contributed by atoms with Crippen molar-refractivity contribution in [2.45, 2.75) is 53.0 Å². The maximum absolute atomic E-state index is 4.21. The summed E-state index contributed by atoms with van der Waals surface area (Å²) in [5.41, 5.74) is 6.56. The number of anilines is 1. The van der Waals surface area contributed by atoms with E-state index < -0.39 is 0 Å². The zero-order chi connectivity index (χ0) is 15.4. The van der Waals surface area contributed by atoms with Gasteiger partial charge < -0.3 is 5.32 Å². The smallest absolute Gasteiger partial charge is 0.0418 e. The Bertz CT molecular complexity index is 600. The fraction of sp³-hybridized carbons (Fsp3) is 0.421. The Morgan fingerprint density at radius 2 is 1.81 bits per heavy atom. The van der Waals surface area contributed by atoms with E-state index in [1.54, 1.807) is 0 Å². The van der Waals surface area contributed by atoms with Crippen molar-refractivity contribution in [2.24, 2.45) is 0 Å². The van der Waals surface area contributed by atoms with Crippen molar-refractivity contribution >= 4 is 5.69 Å². The SMILES string of the molecule is Cc1ccncc1CNc1ccc(C(C)C)cc1C(C)C. The molecular formula is C19H26N2. The van der Waals surface area contributed by atoms with Gasteiger partial charge in [0.05, 0.1) is 0 Å². The van der Waals surface area contributed by atoms with Gasteiger partial charge in [-0.1, -0.05) is 39.8 Å². The first-order valence-corrected chi connectivity index (χ1v) is 7.76. The second kappa shape index (κ2) is 6.75. The summed E-state index contributed by atoms with van der Waals surface area (Å²) in [5.74, 6) is 1.08. The predicted octanol–water partition coefficient (Wildman–Crippen LogP) is 5.25. The number of benzene rings is 1. The first-order chi connectivity index (χ1) is 9.99. The van der Waals surface area contributed by atoms with E-state index in [0.717, 1.165) is 6.54 Å². The molecule has 2 aromatic rings. The number of hydrogen-bond acceptors (Lipinski definition) is 2. The summed E-state index contributed by atoms with van der Waals surface area (Å²) in [6, 6.07) is 8.85. The van der Waals surface area contributed by atoms with Gasteiger partial charge in [-0.05, 0) is 53.1 Å². The zero-order valence-corrected chi connectivity index (χ0v) is 13.8. The molecule has 0 aliphatic heterocycles. The van der Waals surface area contributed by atoms with E-state index in [0.29, 0.717) is 11.8 Å². The lowest BCUT2D eigenvalue weighted by atomic mass is 9.94. The molecular weight excluding hydrogens is 256 g/mol. The molecule has 0 unspecified atom stereocenters. The molecule has 0 atom stereocenters. The second-order valence-corrected chi connectivity index (χ2v) is 6.31. The van der Waals surface area contributed by atoms with Gasteiger partial charge in [-0.2, -0.15) is 0 Å². The molecule has 0 saturated carbocycles. The Hall–Kier alpha value is -1.83. The van der Waals surface area contributed by atoms with Gasteiger partial charge in [0.1, 0.15) is 0 Å². The third kappa shape index (κ3) is 3.84. The van der Waals surface area contributed by atoms with Crippen molar-refractivity contribution in [2.75, 3.05) is 5.32 Å². The van der Waals surface area contributed by atoms with Crippen LogP contribution in [0, 0.1) is 6.92 Å². The summed E-state index contributed by atoms with van der Waals surface area (Å²) >= 11 is 0. The fourth-order valence-electron chi connectivity index (χ4n) is 2.45. The van der Waals surface area contributed by atoms with Crippen LogP contribution in [0.5, 0.6) is 0 Å². The molecule has 2 rings (SSSR count). The van der Waals surface area contributed by atoms with Crippen LogP contribution in [0.2, 0.25) is 0 Å². The van der Waals surface area contributed by atoms with E-state index in [4.69, 9.17) is 0 Å². The molecule has 1 N–H and O–H groups in total. The summed E-state index contributed by atoms with van der Waals surface area (Å²) < 4.78 is 0. The fourth-order valence-corrected chi connectivity index (χ4v) is 2.45. The standard InChI is InChI=1S/C19H26N2/c1-13(2)16-6-7-19(18(10-16)14(3)4)21-12-17-11-20-9-8-15(17)5/h6-11,13-14,21H,12H2,1-5H3. The Balaban J connectivity index is 2.21. The number of pyridine rings is 1. The lowest BCUT2D eigenvalue weighted by molar-refractivity contribution is 0.833. The van der Waals surface area contributed by atoms with Gasteiger partial charge >= 0.3 is 0 Å². The molecule has 1 aromatic heterocycles. The zero-order valence-electron chi connectivity index (χ0n) is 13.8. The van der Waals surface area contributed by atoms with Gasteiger partial charge in [-0.3, -0.25) is 4.98 Å². The van der Waals surface area contributed by atoms with Crippen LogP contribution in [-0.4, -0.2) is 4.98 Å². The molecule has 21 heavy (non-hydrogen) atoms. The van der Waals surface area contributed by atoms with Gasteiger partial charge in [-0.25, -0.2) is 0 Å². The van der Waals surface area contributed by atoms with E-state index in [1.807, 2.05) is 12.4 Å². The van der Waals surface area contributed by atoms with Crippen LogP contribution in [0.15, 0.2) is 36.7 Å². The van der Waals surface area contributed by atoms with Crippen LogP contribution in [-0.2, 0) is 6.54 Å². The minimum atomic E-state index is 0.515. The van der Waals surface area contributed by atoms with Crippen LogP contribution in [0.25, 0.3) is 0 Å². The molecule has 0 bridgehead atoms. The van der Waals surface area contributed by atoms with Crippen molar-refractivity contribution in [3.8, 4) is 0 Å². The van der Waals surface area contributed by atoms with Crippen LogP contribution in [0.4, 0.5) is 5.69 Å². The van der Waals surface area contributed by atoms with E-state index >= 15 is 0 Å². The molecule has 0 radical (unpaired) electrons. The van der Waals surface area contributed by atoms with E-state index in [9.17, 15) is 0 Å². The monoisotopic (exact) mass is 282 g/mol. The first-order valence-electron chi connectivity index (χ1n) is 7.76. The number of hydrogen-bond donors (Lipinski definition) is 1. The lowest BCUT2D eigenvalue weighted by Gasteiger charge is -2.18. The summed E-state index contributed by atoms with van der Waals surface area (Å²) in [6.07, 6.45) is 3.79. The van der Waals surface area contributed by atoms with E-state index in [-0.39, 0.29) is 0 Å². The maximum Gasteiger partial charge on any atom is 0.0418 e. The van der Waals surface area contributed by atoms with Gasteiger partial charge in [0.15, 0.2) is 0 Å². The van der Waals surface area contributed by atoms with Crippen molar-refractivity contribution in [1.29, 1.82) is 0 Å². The highest BCUT2D eigenvalue weighted by molar-refractivity contribution is 5.55. The highest BCUT2D eigenvalue weighted by Gasteiger charge is 2.10. The largest absolute Gasteiger partial charge is 0.381 e. The van der Waals surface area contributed by atoms with Crippen LogP contribution >= 0.6 is 0 Å². The van der Waals surface area contributed by atoms with Crippen LogP contribution in [0.1, 0.15) is 61.8 Å². The predicted molar refractivity (Wildman–Crippen MR) is 90.9 cm³/mol. The average molecular weight is 282 g/mol. The molecule has 2 heteroatoms. The third-order valence-corrected chi connectivity index (χ3v) is 3.98. The van der Waals surface area contributed by atoms with E-state index in [2.05, 4.69) is 69.2 Å². The van der Waals surface area contributed by atoms with Gasteiger partial charge in [0.25, 0.3) is 0 Å². The summed E-state index contributed by atoms with van der Waals surface area (Å²) in [7, 11) is 0. The minimum Gasteiger partial charge on any atom is -0.381 e. The molecule has 1 heterocycles. The number of rotatable bonds is 5. The van der Waals surface area contributed by atoms with Crippen molar-refractivity contribution in [3.63, 3.8) is 0 Å². The topological polar surface area (TPSA) is 24.9 Å². The summed E-state index contributed by atoms with van der Waals surface area (Å²) in [5, 5.41) is 3.58. The van der Waals surface area contributed by atoms with Crippen molar-refractivity contribution in [1.82, 2.24) is 4.98 Å². The number of nitrogens with zero attached hydrogens (tertiary/aromatic N) is 1. The number of aromatic nitrogens is 1. The summed E-state index contributed by atoms with van der Waals surface area (Å²) in [4.78, 5) is 4.21. The maximum atomic E-state index is 4.21. The molecule has 0 amide bonds. The minimum absolute atomic E-state index is 0.515. The highest BCUT2D eigenvalue weighted by atomic mass is 14.9. The first kappa shape index (κ1) is 15.6. The molecule has 0 aliphatic carbocycles. The lowest BCUT2D eigenvalue weighted by Crippen LogP contribution is -2.06. The second-order valence-electron chi connectivity index (χ2n) is 6.31. The molecule has 0 saturated heterocycles. The molecule has 1 aromatic carbocycles. The average Bonchev–Trinajstić information content (AvgIpc) is 2.46. The number of aryl methyl sites for hydroxylation is 1. The van der Waals surface area contributed by atoms with Gasteiger partial charge in [0.2, 0.25) is 0 Å². The molecule has 0 fully saturated rings. The Morgan fingerprint density at radius 1 is 1.05 bits per heavy atom. The van der Waals surface area contributed by atoms with Crippen molar-refractivity contribution < 1.29 is 0 Å². The number of nitrogens with one attached hydrogen (secondary N) is 1. The molecule has 0 aliphatic rings. The molecule has 0 spiro atoms. The summed E-state index contributed by atoms with van der Waals surface area (Å²) in [6.45, 7) is 11.9. The molecule has 112 valence electrons. The Morgan fingerprint density at radius 3 is 2.43 bits per heavy atom. The van der Waals surface area contributed by atoms with Crippen molar-refractivity contribution in [3.05, 3.63) is 58.9 Å². The van der Waals surface area contributed by atoms with Gasteiger partial charge in [-0.15, -0.1) is 0 Å². The quantitative estimate of drug-likeness (QED) is 0.810. The Kier molecular flexibility index (Phi) is 5.00. The third-order valence-electron chi connectivity index (χ3n) is 3.98. The van der Waals surface area contributed by atoms with E-state index in [1.165, 1.54) is 27.9 Å². The van der Waals surface area contributed by atoms with Crippen LogP contribution < -0.4 is 5.32 Å². The Labute approximate surface area is 128 Å².